The Morgan fingerprint density at radius 3 is 2.62 bits per heavy atom. The molecule has 0 aromatic carbocycles. The van der Waals surface area contributed by atoms with Gasteiger partial charge in [0, 0.05) is 17.4 Å². The van der Waals surface area contributed by atoms with Crippen LogP contribution >= 0.6 is 0 Å². The Morgan fingerprint density at radius 1 is 1.54 bits per heavy atom. The molecule has 0 spiro atoms. The number of nitrogens with zero attached hydrogens (tertiary/aromatic N) is 1. The first-order valence-corrected chi connectivity index (χ1v) is 4.30. The lowest BCUT2D eigenvalue weighted by Gasteiger charge is -2.24. The zero-order valence-electron chi connectivity index (χ0n) is 8.24. The van der Waals surface area contributed by atoms with Gasteiger partial charge in [-0.15, -0.1) is 0 Å². The quantitative estimate of drug-likeness (QED) is 0.756. The van der Waals surface area contributed by atoms with Gasteiger partial charge in [-0.25, -0.2) is 0 Å². The molecule has 3 heteroatoms. The summed E-state index contributed by atoms with van der Waals surface area (Å²) < 4.78 is 1.99. The Hall–Kier alpha value is -1.25. The highest BCUT2D eigenvalue weighted by atomic mass is 16.4. The summed E-state index contributed by atoms with van der Waals surface area (Å²) in [6.45, 7) is 6.16. The van der Waals surface area contributed by atoms with Crippen LogP contribution in [0.25, 0.3) is 0 Å². The molecule has 1 heterocycles. The van der Waals surface area contributed by atoms with Gasteiger partial charge < -0.3 is 9.67 Å². The van der Waals surface area contributed by atoms with Gasteiger partial charge in [0.1, 0.15) is 0 Å². The van der Waals surface area contributed by atoms with E-state index in [9.17, 15) is 4.79 Å². The minimum Gasteiger partial charge on any atom is -0.481 e. The molecule has 0 amide bonds. The molecule has 0 bridgehead atoms. The number of rotatable bonds is 2. The first-order valence-electron chi connectivity index (χ1n) is 4.30. The number of aromatic nitrogens is 1. The van der Waals surface area contributed by atoms with Gasteiger partial charge in [-0.05, 0) is 32.9 Å². The van der Waals surface area contributed by atoms with Gasteiger partial charge in [-0.1, -0.05) is 0 Å². The van der Waals surface area contributed by atoms with Crippen molar-refractivity contribution in [3.8, 4) is 0 Å². The van der Waals surface area contributed by atoms with Crippen LogP contribution in [-0.4, -0.2) is 15.6 Å². The predicted molar refractivity (Wildman–Crippen MR) is 50.8 cm³/mol. The second kappa shape index (κ2) is 3.24. The SMILES string of the molecule is CC(C)(C)n1cccc1CC(=O)O. The molecule has 0 aliphatic rings. The summed E-state index contributed by atoms with van der Waals surface area (Å²) in [5.41, 5.74) is 0.800. The molecule has 0 unspecified atom stereocenters. The van der Waals surface area contributed by atoms with E-state index < -0.39 is 5.97 Å². The fraction of sp³-hybridized carbons (Fsp3) is 0.500. The van der Waals surface area contributed by atoms with E-state index in [1.165, 1.54) is 0 Å². The van der Waals surface area contributed by atoms with E-state index in [1.54, 1.807) is 0 Å². The minimum atomic E-state index is -0.788. The summed E-state index contributed by atoms with van der Waals surface area (Å²) in [6, 6.07) is 3.73. The number of carbonyl (C=O) groups is 1. The van der Waals surface area contributed by atoms with E-state index in [-0.39, 0.29) is 12.0 Å². The van der Waals surface area contributed by atoms with E-state index in [4.69, 9.17) is 5.11 Å². The summed E-state index contributed by atoms with van der Waals surface area (Å²) in [5, 5.41) is 8.66. The maximum atomic E-state index is 10.5. The van der Waals surface area contributed by atoms with Gasteiger partial charge in [0.15, 0.2) is 0 Å². The van der Waals surface area contributed by atoms with E-state index in [0.717, 1.165) is 5.69 Å². The van der Waals surface area contributed by atoms with Crippen molar-refractivity contribution < 1.29 is 9.90 Å². The van der Waals surface area contributed by atoms with Crippen molar-refractivity contribution in [2.45, 2.75) is 32.7 Å². The Morgan fingerprint density at radius 2 is 2.15 bits per heavy atom. The Balaban J connectivity index is 2.96. The lowest BCUT2D eigenvalue weighted by Crippen LogP contribution is -2.24. The van der Waals surface area contributed by atoms with Crippen LogP contribution < -0.4 is 0 Å². The summed E-state index contributed by atoms with van der Waals surface area (Å²) in [4.78, 5) is 10.5. The molecule has 0 saturated heterocycles. The third-order valence-corrected chi connectivity index (χ3v) is 1.89. The van der Waals surface area contributed by atoms with Gasteiger partial charge in [-0.3, -0.25) is 4.79 Å². The standard InChI is InChI=1S/C10H15NO2/c1-10(2,3)11-6-4-5-8(11)7-9(12)13/h4-6H,7H2,1-3H3,(H,12,13). The zero-order chi connectivity index (χ0) is 10.1. The van der Waals surface area contributed by atoms with Gasteiger partial charge in [0.25, 0.3) is 0 Å². The third-order valence-electron chi connectivity index (χ3n) is 1.89. The summed E-state index contributed by atoms with van der Waals surface area (Å²) in [5.74, 6) is -0.788. The molecule has 0 fully saturated rings. The second-order valence-electron chi connectivity index (χ2n) is 4.11. The Kier molecular flexibility index (Phi) is 2.45. The monoisotopic (exact) mass is 181 g/mol. The lowest BCUT2D eigenvalue weighted by atomic mass is 10.1. The van der Waals surface area contributed by atoms with Crippen LogP contribution in [0.3, 0.4) is 0 Å². The number of carboxylic acid groups (broad SMARTS) is 1. The Bertz CT molecular complexity index is 307. The number of carboxylic acids is 1. The fourth-order valence-corrected chi connectivity index (χ4v) is 1.37. The first kappa shape index (κ1) is 9.84. The highest BCUT2D eigenvalue weighted by Gasteiger charge is 2.16. The zero-order valence-corrected chi connectivity index (χ0v) is 8.24. The number of hydrogen-bond donors (Lipinski definition) is 1. The average Bonchev–Trinajstić information content (AvgIpc) is 2.31. The molecule has 72 valence electrons. The normalized spacial score (nSPS) is 11.6. The molecule has 0 aliphatic carbocycles. The van der Waals surface area contributed by atoms with Gasteiger partial charge in [0.2, 0.25) is 0 Å². The van der Waals surface area contributed by atoms with Crippen LogP contribution in [0, 0.1) is 0 Å². The molecule has 0 aliphatic heterocycles. The molecular formula is C10H15NO2. The third kappa shape index (κ3) is 2.34. The molecule has 0 radical (unpaired) electrons. The van der Waals surface area contributed by atoms with Gasteiger partial charge >= 0.3 is 5.97 Å². The van der Waals surface area contributed by atoms with Gasteiger partial charge in [0.05, 0.1) is 6.42 Å². The molecule has 3 nitrogen and oxygen atoms in total. The topological polar surface area (TPSA) is 42.2 Å². The molecule has 1 N–H and O–H groups in total. The van der Waals surface area contributed by atoms with E-state index in [2.05, 4.69) is 20.8 Å². The molecule has 13 heavy (non-hydrogen) atoms. The summed E-state index contributed by atoms with van der Waals surface area (Å²) in [7, 11) is 0. The van der Waals surface area contributed by atoms with Crippen LogP contribution in [0.5, 0.6) is 0 Å². The van der Waals surface area contributed by atoms with Crippen LogP contribution in [0.2, 0.25) is 0 Å². The fourth-order valence-electron chi connectivity index (χ4n) is 1.37. The molecule has 0 atom stereocenters. The maximum Gasteiger partial charge on any atom is 0.309 e. The summed E-state index contributed by atoms with van der Waals surface area (Å²) in [6.07, 6.45) is 2.00. The second-order valence-corrected chi connectivity index (χ2v) is 4.11. The van der Waals surface area contributed by atoms with Crippen molar-refractivity contribution in [1.29, 1.82) is 0 Å². The van der Waals surface area contributed by atoms with Crippen LogP contribution in [-0.2, 0) is 16.8 Å². The molecular weight excluding hydrogens is 166 g/mol. The van der Waals surface area contributed by atoms with Crippen molar-refractivity contribution >= 4 is 5.97 Å². The number of aliphatic carboxylic acids is 1. The van der Waals surface area contributed by atoms with Crippen molar-refractivity contribution in [3.63, 3.8) is 0 Å². The van der Waals surface area contributed by atoms with Crippen LogP contribution in [0.15, 0.2) is 18.3 Å². The average molecular weight is 181 g/mol. The highest BCUT2D eigenvalue weighted by molar-refractivity contribution is 5.69. The van der Waals surface area contributed by atoms with Crippen LogP contribution in [0.4, 0.5) is 0 Å². The van der Waals surface area contributed by atoms with Crippen molar-refractivity contribution in [3.05, 3.63) is 24.0 Å². The van der Waals surface area contributed by atoms with Gasteiger partial charge in [-0.2, -0.15) is 0 Å². The predicted octanol–water partition coefficient (Wildman–Crippen LogP) is 1.87. The number of hydrogen-bond acceptors (Lipinski definition) is 1. The largest absolute Gasteiger partial charge is 0.481 e. The van der Waals surface area contributed by atoms with E-state index >= 15 is 0 Å². The molecule has 1 aromatic heterocycles. The lowest BCUT2D eigenvalue weighted by molar-refractivity contribution is -0.136. The minimum absolute atomic E-state index is 0.0473. The smallest absolute Gasteiger partial charge is 0.309 e. The Labute approximate surface area is 78.0 Å². The van der Waals surface area contributed by atoms with E-state index in [1.807, 2.05) is 22.9 Å². The highest BCUT2D eigenvalue weighted by Crippen LogP contribution is 2.17. The van der Waals surface area contributed by atoms with Crippen molar-refractivity contribution in [2.24, 2.45) is 0 Å². The van der Waals surface area contributed by atoms with Crippen LogP contribution in [0.1, 0.15) is 26.5 Å². The summed E-state index contributed by atoms with van der Waals surface area (Å²) >= 11 is 0. The van der Waals surface area contributed by atoms with E-state index in [0.29, 0.717) is 0 Å². The maximum absolute atomic E-state index is 10.5. The molecule has 1 aromatic rings. The van der Waals surface area contributed by atoms with Crippen molar-refractivity contribution in [2.75, 3.05) is 0 Å². The first-order chi connectivity index (χ1) is 5.91. The molecule has 0 saturated carbocycles. The molecule has 1 rings (SSSR count). The van der Waals surface area contributed by atoms with Crippen molar-refractivity contribution in [1.82, 2.24) is 4.57 Å².